The highest BCUT2D eigenvalue weighted by Gasteiger charge is 2.17. The number of aromatic amines is 1. The van der Waals surface area contributed by atoms with Gasteiger partial charge in [-0.05, 0) is 42.8 Å². The number of amides is 2. The Morgan fingerprint density at radius 2 is 1.88 bits per heavy atom. The van der Waals surface area contributed by atoms with Gasteiger partial charge in [0.05, 0.1) is 5.52 Å². The quantitative estimate of drug-likeness (QED) is 0.414. The third-order valence-electron chi connectivity index (χ3n) is 4.87. The summed E-state index contributed by atoms with van der Waals surface area (Å²) in [5, 5.41) is 13.2. The van der Waals surface area contributed by atoms with E-state index in [0.717, 1.165) is 10.9 Å². The van der Waals surface area contributed by atoms with Crippen LogP contribution in [0, 0.1) is 5.82 Å². The predicted molar refractivity (Wildman–Crippen MR) is 119 cm³/mol. The van der Waals surface area contributed by atoms with E-state index in [2.05, 4.69) is 20.8 Å². The molecular formula is C24H21FN4O3. The van der Waals surface area contributed by atoms with Gasteiger partial charge in [0.1, 0.15) is 24.2 Å². The number of benzene rings is 3. The number of aromatic nitrogens is 2. The number of carbonyl (C=O) groups excluding carboxylic acids is 2. The normalized spacial score (nSPS) is 11.7. The number of halogens is 1. The van der Waals surface area contributed by atoms with Crippen LogP contribution in [0.25, 0.3) is 22.2 Å². The number of carbonyl (C=O) groups is 2. The molecule has 8 heteroatoms. The Bertz CT molecular complexity index is 1260. The second-order valence-electron chi connectivity index (χ2n) is 7.26. The summed E-state index contributed by atoms with van der Waals surface area (Å²) in [5.41, 5.74) is 3.34. The lowest BCUT2D eigenvalue weighted by Gasteiger charge is -2.14. The summed E-state index contributed by atoms with van der Waals surface area (Å²) in [6, 6.07) is 19.9. The molecule has 1 atom stereocenters. The van der Waals surface area contributed by atoms with Crippen molar-refractivity contribution in [2.24, 2.45) is 0 Å². The molecule has 0 aliphatic heterocycles. The van der Waals surface area contributed by atoms with E-state index in [-0.39, 0.29) is 12.4 Å². The Labute approximate surface area is 183 Å². The topological polar surface area (TPSA) is 96.1 Å². The van der Waals surface area contributed by atoms with Gasteiger partial charge in [0.15, 0.2) is 0 Å². The van der Waals surface area contributed by atoms with Crippen molar-refractivity contribution < 1.29 is 18.7 Å². The van der Waals surface area contributed by atoms with E-state index >= 15 is 0 Å². The molecule has 0 saturated heterocycles. The largest absolute Gasteiger partial charge is 0.445 e. The molecule has 4 aromatic rings. The summed E-state index contributed by atoms with van der Waals surface area (Å²) < 4.78 is 18.7. The molecule has 162 valence electrons. The Kier molecular flexibility index (Phi) is 6.12. The smallest absolute Gasteiger partial charge is 0.408 e. The molecule has 32 heavy (non-hydrogen) atoms. The molecule has 0 radical (unpaired) electrons. The lowest BCUT2D eigenvalue weighted by atomic mass is 10.1. The number of rotatable bonds is 6. The molecule has 0 fully saturated rings. The number of fused-ring (bicyclic) bond motifs is 1. The van der Waals surface area contributed by atoms with Crippen LogP contribution in [-0.2, 0) is 16.1 Å². The van der Waals surface area contributed by atoms with Crippen molar-refractivity contribution in [3.05, 3.63) is 84.2 Å². The fourth-order valence-electron chi connectivity index (χ4n) is 3.21. The van der Waals surface area contributed by atoms with Gasteiger partial charge in [-0.2, -0.15) is 5.10 Å². The summed E-state index contributed by atoms with van der Waals surface area (Å²) in [7, 11) is 0. The van der Waals surface area contributed by atoms with Gasteiger partial charge in [0.2, 0.25) is 5.91 Å². The first-order valence-corrected chi connectivity index (χ1v) is 10.0. The zero-order chi connectivity index (χ0) is 22.5. The van der Waals surface area contributed by atoms with Gasteiger partial charge in [-0.25, -0.2) is 9.18 Å². The number of hydrogen-bond donors (Lipinski definition) is 3. The second-order valence-corrected chi connectivity index (χ2v) is 7.26. The minimum Gasteiger partial charge on any atom is -0.445 e. The summed E-state index contributed by atoms with van der Waals surface area (Å²) >= 11 is 0. The molecular weight excluding hydrogens is 411 g/mol. The van der Waals surface area contributed by atoms with Crippen LogP contribution in [0.2, 0.25) is 0 Å². The molecule has 0 saturated carbocycles. The monoisotopic (exact) mass is 432 g/mol. The molecule has 0 bridgehead atoms. The molecule has 7 nitrogen and oxygen atoms in total. The van der Waals surface area contributed by atoms with Crippen molar-refractivity contribution in [1.29, 1.82) is 0 Å². The molecule has 3 aromatic carbocycles. The third kappa shape index (κ3) is 4.92. The minimum atomic E-state index is -0.807. The van der Waals surface area contributed by atoms with Crippen LogP contribution in [-0.4, -0.2) is 28.2 Å². The van der Waals surface area contributed by atoms with Gasteiger partial charge in [-0.1, -0.05) is 42.5 Å². The highest BCUT2D eigenvalue weighted by molar-refractivity contribution is 6.00. The summed E-state index contributed by atoms with van der Waals surface area (Å²) in [4.78, 5) is 24.4. The Hall–Kier alpha value is -4.20. The number of anilines is 1. The first-order chi connectivity index (χ1) is 15.5. The first kappa shape index (κ1) is 21.0. The van der Waals surface area contributed by atoms with Gasteiger partial charge in [0, 0.05) is 16.6 Å². The van der Waals surface area contributed by atoms with Gasteiger partial charge >= 0.3 is 6.09 Å². The van der Waals surface area contributed by atoms with Crippen LogP contribution in [0.15, 0.2) is 72.8 Å². The summed E-state index contributed by atoms with van der Waals surface area (Å²) in [5.74, 6) is -0.739. The number of nitrogens with zero attached hydrogens (tertiary/aromatic N) is 1. The van der Waals surface area contributed by atoms with Gasteiger partial charge in [0.25, 0.3) is 0 Å². The summed E-state index contributed by atoms with van der Waals surface area (Å²) in [6.45, 7) is 1.68. The van der Waals surface area contributed by atoms with E-state index < -0.39 is 18.0 Å². The van der Waals surface area contributed by atoms with Crippen molar-refractivity contribution >= 4 is 28.6 Å². The van der Waals surface area contributed by atoms with Crippen molar-refractivity contribution in [3.63, 3.8) is 0 Å². The van der Waals surface area contributed by atoms with Crippen LogP contribution in [0.4, 0.5) is 14.9 Å². The maximum Gasteiger partial charge on any atom is 0.408 e. The molecule has 0 aliphatic carbocycles. The Balaban J connectivity index is 1.37. The summed E-state index contributed by atoms with van der Waals surface area (Å²) in [6.07, 6.45) is -0.680. The lowest BCUT2D eigenvalue weighted by molar-refractivity contribution is -0.117. The van der Waals surface area contributed by atoms with Crippen molar-refractivity contribution in [3.8, 4) is 11.3 Å². The van der Waals surface area contributed by atoms with E-state index in [1.165, 1.54) is 12.1 Å². The fourth-order valence-corrected chi connectivity index (χ4v) is 3.21. The lowest BCUT2D eigenvalue weighted by Crippen LogP contribution is -2.41. The number of H-pyrrole nitrogens is 1. The van der Waals surface area contributed by atoms with Gasteiger partial charge in [-0.15, -0.1) is 0 Å². The SMILES string of the molecule is CC(NC(=O)OCc1ccccc1)C(=O)Nc1ccc2c(-c3cccc(F)c3)n[nH]c2c1. The number of hydrogen-bond acceptors (Lipinski definition) is 4. The number of ether oxygens (including phenoxy) is 1. The van der Waals surface area contributed by atoms with Crippen molar-refractivity contribution in [1.82, 2.24) is 15.5 Å². The van der Waals surface area contributed by atoms with Crippen LogP contribution in [0.5, 0.6) is 0 Å². The van der Waals surface area contributed by atoms with E-state index in [0.29, 0.717) is 22.5 Å². The third-order valence-corrected chi connectivity index (χ3v) is 4.87. The minimum absolute atomic E-state index is 0.116. The molecule has 2 amide bonds. The van der Waals surface area contributed by atoms with Crippen LogP contribution >= 0.6 is 0 Å². The molecule has 1 heterocycles. The van der Waals surface area contributed by atoms with Gasteiger partial charge < -0.3 is 15.4 Å². The average molecular weight is 432 g/mol. The zero-order valence-electron chi connectivity index (χ0n) is 17.3. The Morgan fingerprint density at radius 3 is 2.66 bits per heavy atom. The molecule has 3 N–H and O–H groups in total. The Morgan fingerprint density at radius 1 is 1.06 bits per heavy atom. The van der Waals surface area contributed by atoms with Crippen molar-refractivity contribution in [2.75, 3.05) is 5.32 Å². The second kappa shape index (κ2) is 9.30. The zero-order valence-corrected chi connectivity index (χ0v) is 17.3. The van der Waals surface area contributed by atoms with Crippen LogP contribution in [0.1, 0.15) is 12.5 Å². The molecule has 0 aliphatic rings. The standard InChI is InChI=1S/C24H21FN4O3/c1-15(26-24(31)32-14-16-6-3-2-4-7-16)23(30)27-19-10-11-20-21(13-19)28-29-22(20)17-8-5-9-18(25)12-17/h2-13,15H,14H2,1H3,(H,26,31)(H,27,30)(H,28,29). The number of nitrogens with one attached hydrogen (secondary N) is 3. The number of alkyl carbamates (subject to hydrolysis) is 1. The highest BCUT2D eigenvalue weighted by Crippen LogP contribution is 2.28. The highest BCUT2D eigenvalue weighted by atomic mass is 19.1. The maximum absolute atomic E-state index is 13.5. The predicted octanol–water partition coefficient (Wildman–Crippen LogP) is 4.62. The fraction of sp³-hybridized carbons (Fsp3) is 0.125. The van der Waals surface area contributed by atoms with Crippen molar-refractivity contribution in [2.45, 2.75) is 19.6 Å². The molecule has 0 spiro atoms. The van der Waals surface area contributed by atoms with Crippen LogP contribution < -0.4 is 10.6 Å². The van der Waals surface area contributed by atoms with E-state index in [1.807, 2.05) is 30.3 Å². The van der Waals surface area contributed by atoms with Crippen LogP contribution in [0.3, 0.4) is 0 Å². The molecule has 4 rings (SSSR count). The van der Waals surface area contributed by atoms with E-state index in [4.69, 9.17) is 4.74 Å². The molecule has 1 aromatic heterocycles. The molecule has 1 unspecified atom stereocenters. The van der Waals surface area contributed by atoms with E-state index in [9.17, 15) is 14.0 Å². The first-order valence-electron chi connectivity index (χ1n) is 10.0. The van der Waals surface area contributed by atoms with E-state index in [1.54, 1.807) is 37.3 Å². The average Bonchev–Trinajstić information content (AvgIpc) is 3.21. The maximum atomic E-state index is 13.5. The van der Waals surface area contributed by atoms with Gasteiger partial charge in [-0.3, -0.25) is 9.89 Å².